The van der Waals surface area contributed by atoms with Gasteiger partial charge in [0.1, 0.15) is 0 Å². The van der Waals surface area contributed by atoms with Crippen molar-refractivity contribution in [2.24, 2.45) is 11.7 Å². The third kappa shape index (κ3) is 3.23. The Hall–Kier alpha value is -1.10. The van der Waals surface area contributed by atoms with Gasteiger partial charge in [-0.25, -0.2) is 0 Å². The second-order valence-electron chi connectivity index (χ2n) is 6.08. The van der Waals surface area contributed by atoms with Gasteiger partial charge < -0.3 is 16.0 Å². The fourth-order valence-electron chi connectivity index (χ4n) is 3.45. The molecule has 0 bridgehead atoms. The second-order valence-corrected chi connectivity index (χ2v) is 6.51. The predicted octanol–water partition coefficient (Wildman–Crippen LogP) is 1.94. The van der Waals surface area contributed by atoms with Gasteiger partial charge in [-0.15, -0.1) is 0 Å². The number of amides is 1. The topological polar surface area (TPSA) is 58.4 Å². The third-order valence-corrected chi connectivity index (χ3v) is 4.82. The van der Waals surface area contributed by atoms with Crippen molar-refractivity contribution >= 4 is 17.5 Å². The maximum absolute atomic E-state index is 12.8. The van der Waals surface area contributed by atoms with Gasteiger partial charge in [0, 0.05) is 36.6 Å². The summed E-state index contributed by atoms with van der Waals surface area (Å²) < 4.78 is 0. The zero-order valence-corrected chi connectivity index (χ0v) is 12.9. The Kier molecular flexibility index (Phi) is 4.48. The lowest BCUT2D eigenvalue weighted by Gasteiger charge is -2.38. The van der Waals surface area contributed by atoms with Crippen LogP contribution in [0.25, 0.3) is 0 Å². The number of nitrogens with two attached hydrogens (primary N) is 1. The molecule has 3 atom stereocenters. The molecule has 1 saturated carbocycles. The average Bonchev–Trinajstić information content (AvgIpc) is 2.93. The first kappa shape index (κ1) is 14.8. The van der Waals surface area contributed by atoms with Crippen molar-refractivity contribution in [3.8, 4) is 0 Å². The highest BCUT2D eigenvalue weighted by molar-refractivity contribution is 6.30. The minimum atomic E-state index is 0.0711. The van der Waals surface area contributed by atoms with E-state index in [-0.39, 0.29) is 23.9 Å². The van der Waals surface area contributed by atoms with Gasteiger partial charge >= 0.3 is 0 Å². The van der Waals surface area contributed by atoms with Gasteiger partial charge in [-0.3, -0.25) is 4.79 Å². The van der Waals surface area contributed by atoms with Gasteiger partial charge in [0.15, 0.2) is 0 Å². The van der Waals surface area contributed by atoms with Crippen LogP contribution in [0.2, 0.25) is 5.02 Å². The van der Waals surface area contributed by atoms with E-state index < -0.39 is 0 Å². The highest BCUT2D eigenvalue weighted by atomic mass is 35.5. The standard InChI is InChI=1S/C16H22ClN3O/c17-13-3-1-2-11(8-13)15-10-19-6-7-20(15)16(21)12-4-5-14(18)9-12/h1-3,8,12,14-15,19H,4-7,9-10,18H2. The number of carbonyl (C=O) groups is 1. The molecule has 114 valence electrons. The number of piperazine rings is 1. The van der Waals surface area contributed by atoms with E-state index in [1.165, 1.54) is 0 Å². The minimum Gasteiger partial charge on any atom is -0.333 e. The van der Waals surface area contributed by atoms with Crippen LogP contribution in [0, 0.1) is 5.92 Å². The fraction of sp³-hybridized carbons (Fsp3) is 0.562. The van der Waals surface area contributed by atoms with E-state index in [2.05, 4.69) is 5.32 Å². The molecule has 1 saturated heterocycles. The van der Waals surface area contributed by atoms with E-state index >= 15 is 0 Å². The molecule has 1 aromatic rings. The van der Waals surface area contributed by atoms with Crippen LogP contribution in [-0.2, 0) is 4.79 Å². The molecule has 1 aliphatic heterocycles. The van der Waals surface area contributed by atoms with Crippen molar-refractivity contribution in [2.45, 2.75) is 31.3 Å². The van der Waals surface area contributed by atoms with Crippen molar-refractivity contribution in [2.75, 3.05) is 19.6 Å². The normalized spacial score (nSPS) is 29.6. The highest BCUT2D eigenvalue weighted by Crippen LogP contribution is 2.31. The quantitative estimate of drug-likeness (QED) is 0.878. The summed E-state index contributed by atoms with van der Waals surface area (Å²) in [5.74, 6) is 0.356. The van der Waals surface area contributed by atoms with Crippen LogP contribution < -0.4 is 11.1 Å². The van der Waals surface area contributed by atoms with Crippen molar-refractivity contribution < 1.29 is 4.79 Å². The number of nitrogens with zero attached hydrogens (tertiary/aromatic N) is 1. The average molecular weight is 308 g/mol. The van der Waals surface area contributed by atoms with E-state index in [1.54, 1.807) is 0 Å². The Bertz CT molecular complexity index is 522. The molecule has 0 aromatic heterocycles. The van der Waals surface area contributed by atoms with Gasteiger partial charge in [0.2, 0.25) is 5.91 Å². The summed E-state index contributed by atoms with van der Waals surface area (Å²) in [6, 6.07) is 8.07. The van der Waals surface area contributed by atoms with E-state index in [0.29, 0.717) is 5.02 Å². The Morgan fingerprint density at radius 2 is 2.24 bits per heavy atom. The van der Waals surface area contributed by atoms with Crippen molar-refractivity contribution in [1.29, 1.82) is 0 Å². The summed E-state index contributed by atoms with van der Waals surface area (Å²) in [4.78, 5) is 14.8. The van der Waals surface area contributed by atoms with E-state index in [9.17, 15) is 4.79 Å². The van der Waals surface area contributed by atoms with Crippen molar-refractivity contribution in [3.05, 3.63) is 34.9 Å². The van der Waals surface area contributed by atoms with Gasteiger partial charge in [-0.05, 0) is 37.0 Å². The van der Waals surface area contributed by atoms with E-state index in [0.717, 1.165) is 44.5 Å². The summed E-state index contributed by atoms with van der Waals surface area (Å²) in [5, 5.41) is 4.09. The second kappa shape index (κ2) is 6.34. The first-order valence-corrected chi connectivity index (χ1v) is 8.05. The van der Waals surface area contributed by atoms with Crippen LogP contribution >= 0.6 is 11.6 Å². The molecular formula is C16H22ClN3O. The summed E-state index contributed by atoms with van der Waals surface area (Å²) in [6.07, 6.45) is 2.71. The Balaban J connectivity index is 1.79. The van der Waals surface area contributed by atoms with Crippen LogP contribution in [0.15, 0.2) is 24.3 Å². The molecule has 21 heavy (non-hydrogen) atoms. The highest BCUT2D eigenvalue weighted by Gasteiger charge is 2.35. The first-order valence-electron chi connectivity index (χ1n) is 7.67. The van der Waals surface area contributed by atoms with Crippen LogP contribution in [-0.4, -0.2) is 36.5 Å². The Morgan fingerprint density at radius 1 is 1.38 bits per heavy atom. The largest absolute Gasteiger partial charge is 0.333 e. The summed E-state index contributed by atoms with van der Waals surface area (Å²) in [5.41, 5.74) is 7.06. The molecule has 4 nitrogen and oxygen atoms in total. The Labute approximate surface area is 130 Å². The Morgan fingerprint density at radius 3 is 2.95 bits per heavy atom. The van der Waals surface area contributed by atoms with Crippen molar-refractivity contribution in [1.82, 2.24) is 10.2 Å². The number of benzene rings is 1. The van der Waals surface area contributed by atoms with Gasteiger partial charge in [-0.1, -0.05) is 23.7 Å². The first-order chi connectivity index (χ1) is 10.1. The summed E-state index contributed by atoms with van der Waals surface area (Å²) in [6.45, 7) is 2.38. The SMILES string of the molecule is NC1CCC(C(=O)N2CCNCC2c2cccc(Cl)c2)C1. The lowest BCUT2D eigenvalue weighted by molar-refractivity contribution is -0.138. The number of nitrogens with one attached hydrogen (secondary N) is 1. The predicted molar refractivity (Wildman–Crippen MR) is 84.1 cm³/mol. The molecule has 2 aliphatic rings. The third-order valence-electron chi connectivity index (χ3n) is 4.58. The number of hydrogen-bond donors (Lipinski definition) is 2. The number of rotatable bonds is 2. The van der Waals surface area contributed by atoms with E-state index in [4.69, 9.17) is 17.3 Å². The molecule has 0 radical (unpaired) electrons. The summed E-state index contributed by atoms with van der Waals surface area (Å²) in [7, 11) is 0. The molecule has 5 heteroatoms. The van der Waals surface area contributed by atoms with Gasteiger partial charge in [-0.2, -0.15) is 0 Å². The smallest absolute Gasteiger partial charge is 0.226 e. The zero-order valence-electron chi connectivity index (χ0n) is 12.1. The van der Waals surface area contributed by atoms with Crippen LogP contribution in [0.1, 0.15) is 30.9 Å². The lowest BCUT2D eigenvalue weighted by Crippen LogP contribution is -2.50. The molecule has 3 unspecified atom stereocenters. The fourth-order valence-corrected chi connectivity index (χ4v) is 3.65. The zero-order chi connectivity index (χ0) is 14.8. The monoisotopic (exact) mass is 307 g/mol. The van der Waals surface area contributed by atoms with Gasteiger partial charge in [0.05, 0.1) is 6.04 Å². The van der Waals surface area contributed by atoms with Crippen LogP contribution in [0.3, 0.4) is 0 Å². The maximum Gasteiger partial charge on any atom is 0.226 e. The molecule has 0 spiro atoms. The maximum atomic E-state index is 12.8. The van der Waals surface area contributed by atoms with Crippen molar-refractivity contribution in [3.63, 3.8) is 0 Å². The molecule has 3 N–H and O–H groups in total. The lowest BCUT2D eigenvalue weighted by atomic mass is 9.99. The minimum absolute atomic E-state index is 0.0711. The summed E-state index contributed by atoms with van der Waals surface area (Å²) >= 11 is 6.10. The molecule has 1 amide bonds. The number of carbonyl (C=O) groups excluding carboxylic acids is 1. The number of halogens is 1. The van der Waals surface area contributed by atoms with E-state index in [1.807, 2.05) is 29.2 Å². The van der Waals surface area contributed by atoms with Gasteiger partial charge in [0.25, 0.3) is 0 Å². The van der Waals surface area contributed by atoms with Crippen LogP contribution in [0.4, 0.5) is 0 Å². The molecule has 2 fully saturated rings. The number of hydrogen-bond acceptors (Lipinski definition) is 3. The molecule has 1 aromatic carbocycles. The molecule has 1 aliphatic carbocycles. The molecule has 1 heterocycles. The van der Waals surface area contributed by atoms with Crippen LogP contribution in [0.5, 0.6) is 0 Å². The molecule has 3 rings (SSSR count). The molecular weight excluding hydrogens is 286 g/mol.